The highest BCUT2D eigenvalue weighted by Gasteiger charge is 2.05. The van der Waals surface area contributed by atoms with E-state index < -0.39 is 0 Å². The zero-order valence-corrected chi connectivity index (χ0v) is 13.5. The molecule has 0 fully saturated rings. The summed E-state index contributed by atoms with van der Waals surface area (Å²) in [5, 5.41) is 0. The van der Waals surface area contributed by atoms with Gasteiger partial charge in [-0.25, -0.2) is 0 Å². The second kappa shape index (κ2) is 9.52. The number of aryl methyl sites for hydroxylation is 2. The molecule has 2 heteroatoms. The van der Waals surface area contributed by atoms with E-state index in [1.807, 2.05) is 24.3 Å². The summed E-state index contributed by atoms with van der Waals surface area (Å²) in [5.74, 6) is 1.90. The number of hydrogen-bond acceptors (Lipinski definition) is 2. The molecule has 2 aromatic rings. The van der Waals surface area contributed by atoms with Crippen LogP contribution >= 0.6 is 0 Å². The molecule has 0 spiro atoms. The van der Waals surface area contributed by atoms with Crippen molar-refractivity contribution in [1.82, 2.24) is 0 Å². The Hall–Kier alpha value is -2.48. The molecule has 0 N–H and O–H groups in total. The highest BCUT2D eigenvalue weighted by molar-refractivity contribution is 5.35. The zero-order chi connectivity index (χ0) is 16.3. The Labute approximate surface area is 139 Å². The maximum absolute atomic E-state index is 5.71. The van der Waals surface area contributed by atoms with E-state index in [0.717, 1.165) is 30.8 Å². The second-order valence-corrected chi connectivity index (χ2v) is 5.27. The molecule has 2 nitrogen and oxygen atoms in total. The van der Waals surface area contributed by atoms with Gasteiger partial charge in [0.05, 0.1) is 0 Å². The van der Waals surface area contributed by atoms with Crippen LogP contribution in [-0.4, -0.2) is 13.2 Å². The fraction of sp³-hybridized carbons (Fsp3) is 0.238. The van der Waals surface area contributed by atoms with Crippen LogP contribution < -0.4 is 9.47 Å². The zero-order valence-electron chi connectivity index (χ0n) is 13.5. The fourth-order valence-electron chi connectivity index (χ4n) is 2.47. The molecule has 0 amide bonds. The first-order valence-electron chi connectivity index (χ1n) is 7.98. The number of rotatable bonds is 10. The third-order valence-electron chi connectivity index (χ3n) is 3.55. The van der Waals surface area contributed by atoms with Crippen molar-refractivity contribution in [1.29, 1.82) is 0 Å². The Kier molecular flexibility index (Phi) is 6.99. The summed E-state index contributed by atoms with van der Waals surface area (Å²) in [7, 11) is 0. The van der Waals surface area contributed by atoms with E-state index in [2.05, 4.69) is 37.4 Å². The highest BCUT2D eigenvalue weighted by Crippen LogP contribution is 2.23. The molecule has 0 aliphatic heterocycles. The van der Waals surface area contributed by atoms with Crippen molar-refractivity contribution in [2.75, 3.05) is 13.2 Å². The summed E-state index contributed by atoms with van der Waals surface area (Å²) in [6.07, 6.45) is 6.53. The van der Waals surface area contributed by atoms with Crippen molar-refractivity contribution in [2.24, 2.45) is 0 Å². The second-order valence-electron chi connectivity index (χ2n) is 5.27. The average Bonchev–Trinajstić information content (AvgIpc) is 2.60. The molecule has 0 aliphatic rings. The Morgan fingerprint density at radius 1 is 0.696 bits per heavy atom. The third kappa shape index (κ3) is 5.33. The van der Waals surface area contributed by atoms with Crippen LogP contribution in [0.25, 0.3) is 0 Å². The van der Waals surface area contributed by atoms with Crippen LogP contribution in [0.2, 0.25) is 0 Å². The molecule has 0 atom stereocenters. The van der Waals surface area contributed by atoms with Crippen molar-refractivity contribution in [3.05, 3.63) is 85.0 Å². The molecule has 0 aromatic heterocycles. The molecule has 0 bridgehead atoms. The minimum atomic E-state index is 0.537. The molecule has 2 rings (SSSR count). The van der Waals surface area contributed by atoms with Crippen LogP contribution in [0.15, 0.2) is 73.8 Å². The lowest BCUT2D eigenvalue weighted by molar-refractivity contribution is 0.357. The van der Waals surface area contributed by atoms with E-state index in [1.165, 1.54) is 11.1 Å². The first-order chi connectivity index (χ1) is 11.3. The molecule has 0 aliphatic carbocycles. The van der Waals surface area contributed by atoms with Gasteiger partial charge in [0.25, 0.3) is 0 Å². The first-order valence-corrected chi connectivity index (χ1v) is 7.98. The van der Waals surface area contributed by atoms with E-state index in [9.17, 15) is 0 Å². The van der Waals surface area contributed by atoms with Gasteiger partial charge >= 0.3 is 0 Å². The fourth-order valence-corrected chi connectivity index (χ4v) is 2.47. The quantitative estimate of drug-likeness (QED) is 0.576. The lowest BCUT2D eigenvalue weighted by Crippen LogP contribution is -2.00. The molecule has 0 radical (unpaired) electrons. The van der Waals surface area contributed by atoms with Gasteiger partial charge in [-0.2, -0.15) is 0 Å². The van der Waals surface area contributed by atoms with Crippen molar-refractivity contribution >= 4 is 0 Å². The van der Waals surface area contributed by atoms with E-state index in [-0.39, 0.29) is 0 Å². The molecule has 0 saturated carbocycles. The van der Waals surface area contributed by atoms with Crippen molar-refractivity contribution in [3.63, 3.8) is 0 Å². The topological polar surface area (TPSA) is 18.5 Å². The average molecular weight is 308 g/mol. The van der Waals surface area contributed by atoms with Crippen LogP contribution in [0.3, 0.4) is 0 Å². The lowest BCUT2D eigenvalue weighted by atomic mass is 10.0. The third-order valence-corrected chi connectivity index (χ3v) is 3.55. The van der Waals surface area contributed by atoms with Gasteiger partial charge in [0, 0.05) is 0 Å². The SMILES string of the molecule is C=CCOc1ccccc1CCCc1ccccc1OCC=C. The maximum Gasteiger partial charge on any atom is 0.122 e. The van der Waals surface area contributed by atoms with Crippen LogP contribution in [0.1, 0.15) is 17.5 Å². The van der Waals surface area contributed by atoms with E-state index >= 15 is 0 Å². The molecule has 120 valence electrons. The van der Waals surface area contributed by atoms with Crippen molar-refractivity contribution < 1.29 is 9.47 Å². The van der Waals surface area contributed by atoms with Crippen LogP contribution in [-0.2, 0) is 12.8 Å². The van der Waals surface area contributed by atoms with Crippen LogP contribution in [0.4, 0.5) is 0 Å². The molecule has 0 heterocycles. The number of para-hydroxylation sites is 2. The van der Waals surface area contributed by atoms with Crippen molar-refractivity contribution in [3.8, 4) is 11.5 Å². The van der Waals surface area contributed by atoms with E-state index in [1.54, 1.807) is 12.2 Å². The van der Waals surface area contributed by atoms with Crippen molar-refractivity contribution in [2.45, 2.75) is 19.3 Å². The summed E-state index contributed by atoms with van der Waals surface area (Å²) >= 11 is 0. The molecular weight excluding hydrogens is 284 g/mol. The predicted molar refractivity (Wildman–Crippen MR) is 96.3 cm³/mol. The van der Waals surface area contributed by atoms with Gasteiger partial charge in [0.1, 0.15) is 24.7 Å². The first kappa shape index (κ1) is 16.9. The Morgan fingerprint density at radius 3 is 1.57 bits per heavy atom. The molecule has 0 saturated heterocycles. The minimum absolute atomic E-state index is 0.537. The monoisotopic (exact) mass is 308 g/mol. The van der Waals surface area contributed by atoms with Gasteiger partial charge in [-0.15, -0.1) is 0 Å². The normalized spacial score (nSPS) is 10.1. The molecular formula is C21H24O2. The summed E-state index contributed by atoms with van der Waals surface area (Å²) in [6, 6.07) is 16.4. The Bertz CT molecular complexity index is 576. The number of benzene rings is 2. The van der Waals surface area contributed by atoms with Gasteiger partial charge in [0.15, 0.2) is 0 Å². The van der Waals surface area contributed by atoms with Crippen LogP contribution in [0.5, 0.6) is 11.5 Å². The highest BCUT2D eigenvalue weighted by atomic mass is 16.5. The molecule has 0 unspecified atom stereocenters. The number of ether oxygens (including phenoxy) is 2. The van der Waals surface area contributed by atoms with Gasteiger partial charge < -0.3 is 9.47 Å². The summed E-state index contributed by atoms with van der Waals surface area (Å²) < 4.78 is 11.4. The maximum atomic E-state index is 5.71. The van der Waals surface area contributed by atoms with E-state index in [4.69, 9.17) is 9.47 Å². The smallest absolute Gasteiger partial charge is 0.122 e. The Balaban J connectivity index is 1.95. The predicted octanol–water partition coefficient (Wildman–Crippen LogP) is 4.99. The van der Waals surface area contributed by atoms with Gasteiger partial charge in [0.2, 0.25) is 0 Å². The van der Waals surface area contributed by atoms with Crippen LogP contribution in [0, 0.1) is 0 Å². The van der Waals surface area contributed by atoms with Gasteiger partial charge in [-0.05, 0) is 42.5 Å². The standard InChI is InChI=1S/C21H24O2/c1-3-16-22-20-14-7-5-10-18(20)12-9-13-19-11-6-8-15-21(19)23-17-4-2/h3-8,10-11,14-15H,1-2,9,12-13,16-17H2. The summed E-state index contributed by atoms with van der Waals surface area (Å²) in [6.45, 7) is 8.46. The Morgan fingerprint density at radius 2 is 1.13 bits per heavy atom. The largest absolute Gasteiger partial charge is 0.489 e. The number of hydrogen-bond donors (Lipinski definition) is 0. The van der Waals surface area contributed by atoms with E-state index in [0.29, 0.717) is 13.2 Å². The van der Waals surface area contributed by atoms with Gasteiger partial charge in [-0.1, -0.05) is 61.7 Å². The summed E-state index contributed by atoms with van der Waals surface area (Å²) in [5.41, 5.74) is 2.47. The summed E-state index contributed by atoms with van der Waals surface area (Å²) in [4.78, 5) is 0. The molecule has 2 aromatic carbocycles. The lowest BCUT2D eigenvalue weighted by Gasteiger charge is -2.12. The minimum Gasteiger partial charge on any atom is -0.489 e. The van der Waals surface area contributed by atoms with Gasteiger partial charge in [-0.3, -0.25) is 0 Å². The molecule has 23 heavy (non-hydrogen) atoms.